The predicted molar refractivity (Wildman–Crippen MR) is 117 cm³/mol. The van der Waals surface area contributed by atoms with Gasteiger partial charge in [0.15, 0.2) is 6.61 Å². The van der Waals surface area contributed by atoms with Crippen LogP contribution in [0.5, 0.6) is 0 Å². The van der Waals surface area contributed by atoms with Crippen LogP contribution in [0.25, 0.3) is 0 Å². The Balaban J connectivity index is 1.48. The van der Waals surface area contributed by atoms with Crippen LogP contribution in [-0.2, 0) is 30.3 Å². The Morgan fingerprint density at radius 3 is 2.19 bits per heavy atom. The molecule has 0 aromatic heterocycles. The van der Waals surface area contributed by atoms with Crippen molar-refractivity contribution in [2.75, 3.05) is 28.7 Å². The van der Waals surface area contributed by atoms with Crippen LogP contribution in [0.2, 0.25) is 0 Å². The second-order valence-corrected chi connectivity index (χ2v) is 7.34. The Morgan fingerprint density at radius 2 is 1.61 bits per heavy atom. The van der Waals surface area contributed by atoms with Crippen LogP contribution in [0.1, 0.15) is 25.8 Å². The molecule has 1 aliphatic rings. The molecule has 3 amide bonds. The molecule has 1 heterocycles. The summed E-state index contributed by atoms with van der Waals surface area (Å²) in [6.45, 7) is 3.25. The van der Waals surface area contributed by atoms with Crippen LogP contribution in [0, 0.1) is 5.92 Å². The zero-order valence-corrected chi connectivity index (χ0v) is 17.5. The molecule has 1 atom stereocenters. The molecule has 1 saturated heterocycles. The molecule has 31 heavy (non-hydrogen) atoms. The molecule has 2 N–H and O–H groups in total. The number of benzene rings is 2. The topological polar surface area (TPSA) is 105 Å². The lowest BCUT2D eigenvalue weighted by Gasteiger charge is -2.17. The summed E-state index contributed by atoms with van der Waals surface area (Å²) in [6.07, 6.45) is 0.964. The van der Waals surface area contributed by atoms with Gasteiger partial charge in [0.1, 0.15) is 0 Å². The Morgan fingerprint density at radius 1 is 1.00 bits per heavy atom. The maximum absolute atomic E-state index is 12.4. The highest BCUT2D eigenvalue weighted by Crippen LogP contribution is 2.26. The number of esters is 1. The first-order valence-corrected chi connectivity index (χ1v) is 10.1. The molecule has 0 bridgehead atoms. The maximum Gasteiger partial charge on any atom is 0.311 e. The van der Waals surface area contributed by atoms with Crippen molar-refractivity contribution in [3.63, 3.8) is 0 Å². The minimum atomic E-state index is -0.608. The van der Waals surface area contributed by atoms with E-state index in [2.05, 4.69) is 17.6 Å². The number of nitrogens with zero attached hydrogens (tertiary/aromatic N) is 1. The average Bonchev–Trinajstić information content (AvgIpc) is 3.15. The molecular formula is C23H25N3O5. The minimum absolute atomic E-state index is 0.0561. The van der Waals surface area contributed by atoms with Crippen molar-refractivity contribution in [3.8, 4) is 0 Å². The van der Waals surface area contributed by atoms with Crippen molar-refractivity contribution in [1.29, 1.82) is 0 Å². The number of ether oxygens (including phenoxy) is 1. The molecule has 8 nitrogen and oxygen atoms in total. The van der Waals surface area contributed by atoms with Crippen LogP contribution < -0.4 is 15.5 Å². The van der Waals surface area contributed by atoms with Crippen molar-refractivity contribution in [2.24, 2.45) is 5.92 Å². The molecule has 2 aromatic carbocycles. The average molecular weight is 423 g/mol. The van der Waals surface area contributed by atoms with Gasteiger partial charge in [0.2, 0.25) is 11.8 Å². The van der Waals surface area contributed by atoms with E-state index in [9.17, 15) is 19.2 Å². The summed E-state index contributed by atoms with van der Waals surface area (Å²) in [5.41, 5.74) is 3.03. The fraction of sp³-hybridized carbons (Fsp3) is 0.304. The van der Waals surface area contributed by atoms with Crippen LogP contribution in [0.15, 0.2) is 48.5 Å². The molecule has 162 valence electrons. The highest BCUT2D eigenvalue weighted by Gasteiger charge is 2.36. The Hall–Kier alpha value is -3.68. The summed E-state index contributed by atoms with van der Waals surface area (Å²) in [5, 5.41) is 5.25. The van der Waals surface area contributed by atoms with Crippen molar-refractivity contribution < 1.29 is 23.9 Å². The molecule has 0 spiro atoms. The zero-order valence-electron chi connectivity index (χ0n) is 17.5. The molecule has 1 fully saturated rings. The molecule has 1 aliphatic heterocycles. The second-order valence-electron chi connectivity index (χ2n) is 7.34. The van der Waals surface area contributed by atoms with E-state index in [1.165, 1.54) is 12.5 Å². The minimum Gasteiger partial charge on any atom is -0.455 e. The van der Waals surface area contributed by atoms with Crippen molar-refractivity contribution in [3.05, 3.63) is 54.1 Å². The Labute approximate surface area is 180 Å². The predicted octanol–water partition coefficient (Wildman–Crippen LogP) is 2.74. The van der Waals surface area contributed by atoms with E-state index in [1.807, 2.05) is 24.3 Å². The van der Waals surface area contributed by atoms with Crippen molar-refractivity contribution >= 4 is 40.8 Å². The van der Waals surface area contributed by atoms with Gasteiger partial charge in [0, 0.05) is 37.0 Å². The van der Waals surface area contributed by atoms with Crippen molar-refractivity contribution in [2.45, 2.75) is 26.7 Å². The fourth-order valence-corrected chi connectivity index (χ4v) is 3.32. The third-order valence-corrected chi connectivity index (χ3v) is 4.95. The van der Waals surface area contributed by atoms with Gasteiger partial charge in [0.25, 0.3) is 5.91 Å². The van der Waals surface area contributed by atoms with E-state index in [4.69, 9.17) is 4.74 Å². The van der Waals surface area contributed by atoms with Gasteiger partial charge < -0.3 is 20.3 Å². The number of rotatable bonds is 7. The lowest BCUT2D eigenvalue weighted by molar-refractivity contribution is -0.151. The number of nitrogens with one attached hydrogen (secondary N) is 2. The summed E-state index contributed by atoms with van der Waals surface area (Å²) in [7, 11) is 0. The Bertz CT molecular complexity index is 970. The SMILES string of the molecule is CCc1ccc(N2C[C@@H](C(=O)OCC(=O)Nc3ccc(NC(C)=O)cc3)CC2=O)cc1. The third-order valence-electron chi connectivity index (χ3n) is 4.95. The third kappa shape index (κ3) is 5.91. The number of hydrogen-bond acceptors (Lipinski definition) is 5. The van der Waals surface area contributed by atoms with Crippen LogP contribution in [0.3, 0.4) is 0 Å². The largest absolute Gasteiger partial charge is 0.455 e. The molecule has 0 radical (unpaired) electrons. The highest BCUT2D eigenvalue weighted by atomic mass is 16.5. The quantitative estimate of drug-likeness (QED) is 0.667. The van der Waals surface area contributed by atoms with Crippen LogP contribution in [-0.4, -0.2) is 36.8 Å². The molecular weight excluding hydrogens is 398 g/mol. The van der Waals surface area contributed by atoms with Crippen LogP contribution in [0.4, 0.5) is 17.1 Å². The molecule has 0 aliphatic carbocycles. The van der Waals surface area contributed by atoms with Gasteiger partial charge in [-0.2, -0.15) is 0 Å². The van der Waals surface area contributed by atoms with E-state index in [-0.39, 0.29) is 24.8 Å². The number of carbonyl (C=O) groups is 4. The van der Waals surface area contributed by atoms with Gasteiger partial charge in [-0.1, -0.05) is 19.1 Å². The maximum atomic E-state index is 12.4. The van der Waals surface area contributed by atoms with Gasteiger partial charge in [-0.3, -0.25) is 19.2 Å². The van der Waals surface area contributed by atoms with Gasteiger partial charge in [-0.25, -0.2) is 0 Å². The Kier molecular flexibility index (Phi) is 7.02. The lowest BCUT2D eigenvalue weighted by atomic mass is 10.1. The van der Waals surface area contributed by atoms with Gasteiger partial charge in [-0.15, -0.1) is 0 Å². The van der Waals surface area contributed by atoms with E-state index in [1.54, 1.807) is 29.2 Å². The van der Waals surface area contributed by atoms with E-state index in [0.29, 0.717) is 11.4 Å². The molecule has 0 saturated carbocycles. The smallest absolute Gasteiger partial charge is 0.311 e. The number of amides is 3. The highest BCUT2D eigenvalue weighted by molar-refractivity contribution is 6.00. The molecule has 3 rings (SSSR count). The lowest BCUT2D eigenvalue weighted by Crippen LogP contribution is -2.28. The normalized spacial score (nSPS) is 15.5. The monoisotopic (exact) mass is 423 g/mol. The van der Waals surface area contributed by atoms with E-state index < -0.39 is 24.4 Å². The number of aryl methyl sites for hydroxylation is 1. The number of anilines is 3. The summed E-state index contributed by atoms with van der Waals surface area (Å²) in [5.74, 6) is -2.00. The van der Waals surface area contributed by atoms with Crippen LogP contribution >= 0.6 is 0 Å². The summed E-state index contributed by atoms with van der Waals surface area (Å²) in [6, 6.07) is 14.2. The number of carbonyl (C=O) groups excluding carboxylic acids is 4. The molecule has 8 heteroatoms. The van der Waals surface area contributed by atoms with E-state index >= 15 is 0 Å². The fourth-order valence-electron chi connectivity index (χ4n) is 3.32. The summed E-state index contributed by atoms with van der Waals surface area (Å²) < 4.78 is 5.12. The first kappa shape index (κ1) is 22.0. The summed E-state index contributed by atoms with van der Waals surface area (Å²) in [4.78, 5) is 49.4. The van der Waals surface area contributed by atoms with Gasteiger partial charge in [0.05, 0.1) is 5.92 Å². The molecule has 2 aromatic rings. The van der Waals surface area contributed by atoms with Crippen molar-refractivity contribution in [1.82, 2.24) is 0 Å². The second kappa shape index (κ2) is 9.88. The zero-order chi connectivity index (χ0) is 22.4. The first-order chi connectivity index (χ1) is 14.9. The first-order valence-electron chi connectivity index (χ1n) is 10.1. The standard InChI is InChI=1S/C23H25N3O5/c1-3-16-4-10-20(11-5-16)26-13-17(12-22(26)29)23(30)31-14-21(28)25-19-8-6-18(7-9-19)24-15(2)27/h4-11,17H,3,12-14H2,1-2H3,(H,24,27)(H,25,28)/t17-/m0/s1. The van der Waals surface area contributed by atoms with Gasteiger partial charge >= 0.3 is 5.97 Å². The summed E-state index contributed by atoms with van der Waals surface area (Å²) >= 11 is 0. The van der Waals surface area contributed by atoms with Gasteiger partial charge in [-0.05, 0) is 48.4 Å². The van der Waals surface area contributed by atoms with E-state index in [0.717, 1.165) is 12.1 Å². The number of hydrogen-bond donors (Lipinski definition) is 2. The molecule has 0 unspecified atom stereocenters.